The molecule has 158 valence electrons. The SMILES string of the molecule is CCN(CCOc1ccccc1)CCN(CC)CCOc1ccccc1.Cl.Cl. The standard InChI is InChI=1S/C22H32N2O2.2ClH/c1-3-23(17-19-25-21-11-7-5-8-12-21)15-16-24(4-2)18-20-26-22-13-9-6-10-14-22;;/h5-14H,3-4,15-20H2,1-2H3;2*1H. The highest BCUT2D eigenvalue weighted by Crippen LogP contribution is 2.09. The molecule has 2 rings (SSSR count). The van der Waals surface area contributed by atoms with Gasteiger partial charge in [-0.15, -0.1) is 24.8 Å². The van der Waals surface area contributed by atoms with Crippen LogP contribution >= 0.6 is 24.8 Å². The summed E-state index contributed by atoms with van der Waals surface area (Å²) in [5.41, 5.74) is 0. The summed E-state index contributed by atoms with van der Waals surface area (Å²) in [6.45, 7) is 11.9. The minimum Gasteiger partial charge on any atom is -0.492 e. The Balaban J connectivity index is 0.00000364. The molecule has 0 aliphatic heterocycles. The van der Waals surface area contributed by atoms with Gasteiger partial charge >= 0.3 is 0 Å². The summed E-state index contributed by atoms with van der Waals surface area (Å²) in [6, 6.07) is 20.0. The lowest BCUT2D eigenvalue weighted by Crippen LogP contribution is -2.38. The number of hydrogen-bond acceptors (Lipinski definition) is 4. The molecule has 2 aromatic carbocycles. The second kappa shape index (κ2) is 16.5. The molecule has 0 aromatic heterocycles. The molecular weight excluding hydrogens is 395 g/mol. The van der Waals surface area contributed by atoms with Crippen LogP contribution in [0.1, 0.15) is 13.8 Å². The third-order valence-corrected chi connectivity index (χ3v) is 4.47. The van der Waals surface area contributed by atoms with Crippen molar-refractivity contribution in [3.8, 4) is 11.5 Å². The van der Waals surface area contributed by atoms with Crippen LogP contribution < -0.4 is 9.47 Å². The second-order valence-corrected chi connectivity index (χ2v) is 6.19. The first-order chi connectivity index (χ1) is 12.8. The van der Waals surface area contributed by atoms with E-state index in [1.165, 1.54) is 0 Å². The van der Waals surface area contributed by atoms with Gasteiger partial charge in [0.1, 0.15) is 24.7 Å². The van der Waals surface area contributed by atoms with Crippen molar-refractivity contribution < 1.29 is 9.47 Å². The molecule has 0 spiro atoms. The molecule has 0 saturated carbocycles. The molecule has 0 bridgehead atoms. The Labute approximate surface area is 182 Å². The van der Waals surface area contributed by atoms with Gasteiger partial charge in [0.15, 0.2) is 0 Å². The topological polar surface area (TPSA) is 24.9 Å². The highest BCUT2D eigenvalue weighted by Gasteiger charge is 2.07. The Bertz CT molecular complexity index is 534. The average molecular weight is 429 g/mol. The highest BCUT2D eigenvalue weighted by molar-refractivity contribution is 5.85. The lowest BCUT2D eigenvalue weighted by molar-refractivity contribution is 0.168. The number of ether oxygens (including phenoxy) is 2. The van der Waals surface area contributed by atoms with Crippen LogP contribution in [0.5, 0.6) is 11.5 Å². The molecule has 0 fully saturated rings. The van der Waals surface area contributed by atoms with E-state index >= 15 is 0 Å². The van der Waals surface area contributed by atoms with Crippen LogP contribution in [0.2, 0.25) is 0 Å². The van der Waals surface area contributed by atoms with E-state index in [0.29, 0.717) is 0 Å². The summed E-state index contributed by atoms with van der Waals surface area (Å²) in [7, 11) is 0. The fraction of sp³-hybridized carbons (Fsp3) is 0.455. The fourth-order valence-electron chi connectivity index (χ4n) is 2.76. The summed E-state index contributed by atoms with van der Waals surface area (Å²) in [5, 5.41) is 0. The van der Waals surface area contributed by atoms with Crippen molar-refractivity contribution in [1.29, 1.82) is 0 Å². The summed E-state index contributed by atoms with van der Waals surface area (Å²) >= 11 is 0. The van der Waals surface area contributed by atoms with E-state index in [4.69, 9.17) is 9.47 Å². The van der Waals surface area contributed by atoms with Crippen LogP contribution in [0.4, 0.5) is 0 Å². The monoisotopic (exact) mass is 428 g/mol. The zero-order valence-corrected chi connectivity index (χ0v) is 18.6. The Morgan fingerprint density at radius 2 is 0.929 bits per heavy atom. The van der Waals surface area contributed by atoms with E-state index in [2.05, 4.69) is 23.6 Å². The second-order valence-electron chi connectivity index (χ2n) is 6.19. The smallest absolute Gasteiger partial charge is 0.119 e. The van der Waals surface area contributed by atoms with E-state index in [1.54, 1.807) is 0 Å². The molecule has 0 aliphatic rings. The number of halogens is 2. The minimum absolute atomic E-state index is 0. The third kappa shape index (κ3) is 10.8. The van der Waals surface area contributed by atoms with Gasteiger partial charge in [0.05, 0.1) is 0 Å². The van der Waals surface area contributed by atoms with Gasteiger partial charge in [-0.05, 0) is 37.4 Å². The number of nitrogens with zero attached hydrogens (tertiary/aromatic N) is 2. The van der Waals surface area contributed by atoms with Crippen LogP contribution in [-0.2, 0) is 0 Å². The van der Waals surface area contributed by atoms with Crippen molar-refractivity contribution >= 4 is 24.8 Å². The van der Waals surface area contributed by atoms with Gasteiger partial charge in [-0.1, -0.05) is 50.2 Å². The molecule has 0 amide bonds. The van der Waals surface area contributed by atoms with E-state index in [-0.39, 0.29) is 24.8 Å². The van der Waals surface area contributed by atoms with Gasteiger partial charge in [0.2, 0.25) is 0 Å². The third-order valence-electron chi connectivity index (χ3n) is 4.47. The van der Waals surface area contributed by atoms with Crippen LogP contribution in [0.3, 0.4) is 0 Å². The Kier molecular flexibility index (Phi) is 15.6. The molecule has 0 unspecified atom stereocenters. The summed E-state index contributed by atoms with van der Waals surface area (Å²) in [4.78, 5) is 4.87. The molecule has 4 nitrogen and oxygen atoms in total. The van der Waals surface area contributed by atoms with Crippen molar-refractivity contribution in [3.63, 3.8) is 0 Å². The largest absolute Gasteiger partial charge is 0.492 e. The maximum Gasteiger partial charge on any atom is 0.119 e. The molecule has 2 aromatic rings. The molecular formula is C22H34Cl2N2O2. The number of para-hydroxylation sites is 2. The van der Waals surface area contributed by atoms with E-state index in [9.17, 15) is 0 Å². The van der Waals surface area contributed by atoms with Crippen molar-refractivity contribution in [3.05, 3.63) is 60.7 Å². The maximum atomic E-state index is 5.81. The zero-order chi connectivity index (χ0) is 18.5. The van der Waals surface area contributed by atoms with Crippen LogP contribution in [-0.4, -0.2) is 62.3 Å². The highest BCUT2D eigenvalue weighted by atomic mass is 35.5. The number of benzene rings is 2. The van der Waals surface area contributed by atoms with Gasteiger partial charge in [-0.25, -0.2) is 0 Å². The van der Waals surface area contributed by atoms with Crippen molar-refractivity contribution in [1.82, 2.24) is 9.80 Å². The van der Waals surface area contributed by atoms with E-state index < -0.39 is 0 Å². The molecule has 6 heteroatoms. The Morgan fingerprint density at radius 1 is 0.571 bits per heavy atom. The molecule has 0 N–H and O–H groups in total. The van der Waals surface area contributed by atoms with Gasteiger partial charge in [-0.3, -0.25) is 9.80 Å². The van der Waals surface area contributed by atoms with Gasteiger partial charge in [-0.2, -0.15) is 0 Å². The average Bonchev–Trinajstić information content (AvgIpc) is 2.70. The predicted molar refractivity (Wildman–Crippen MR) is 123 cm³/mol. The summed E-state index contributed by atoms with van der Waals surface area (Å²) in [6.07, 6.45) is 0. The Hall–Kier alpha value is -1.46. The predicted octanol–water partition coefficient (Wildman–Crippen LogP) is 4.63. The molecule has 0 saturated heterocycles. The fourth-order valence-corrected chi connectivity index (χ4v) is 2.76. The normalized spacial score (nSPS) is 10.3. The molecule has 0 aliphatic carbocycles. The first-order valence-electron chi connectivity index (χ1n) is 9.62. The molecule has 0 heterocycles. The number of likely N-dealkylation sites (N-methyl/N-ethyl adjacent to an activating group) is 2. The maximum absolute atomic E-state index is 5.81. The summed E-state index contributed by atoms with van der Waals surface area (Å²) < 4.78 is 11.6. The zero-order valence-electron chi connectivity index (χ0n) is 17.0. The molecule has 0 atom stereocenters. The van der Waals surface area contributed by atoms with Crippen LogP contribution in [0.25, 0.3) is 0 Å². The first kappa shape index (κ1) is 26.5. The quantitative estimate of drug-likeness (QED) is 0.464. The van der Waals surface area contributed by atoms with Crippen molar-refractivity contribution in [2.45, 2.75) is 13.8 Å². The van der Waals surface area contributed by atoms with Gasteiger partial charge < -0.3 is 9.47 Å². The lowest BCUT2D eigenvalue weighted by Gasteiger charge is -2.26. The molecule has 28 heavy (non-hydrogen) atoms. The first-order valence-corrected chi connectivity index (χ1v) is 9.62. The van der Waals surface area contributed by atoms with Crippen molar-refractivity contribution in [2.24, 2.45) is 0 Å². The lowest BCUT2D eigenvalue weighted by atomic mass is 10.3. The minimum atomic E-state index is 0. The molecule has 0 radical (unpaired) electrons. The van der Waals surface area contributed by atoms with Crippen molar-refractivity contribution in [2.75, 3.05) is 52.5 Å². The van der Waals surface area contributed by atoms with Crippen LogP contribution in [0.15, 0.2) is 60.7 Å². The number of hydrogen-bond donors (Lipinski definition) is 0. The van der Waals surface area contributed by atoms with Crippen LogP contribution in [0, 0.1) is 0 Å². The summed E-state index contributed by atoms with van der Waals surface area (Å²) in [5.74, 6) is 1.88. The van der Waals surface area contributed by atoms with E-state index in [0.717, 1.165) is 64.0 Å². The Morgan fingerprint density at radius 3 is 1.25 bits per heavy atom. The van der Waals surface area contributed by atoms with Gasteiger partial charge in [0, 0.05) is 26.2 Å². The van der Waals surface area contributed by atoms with Gasteiger partial charge in [0.25, 0.3) is 0 Å². The number of rotatable bonds is 13. The van der Waals surface area contributed by atoms with E-state index in [1.807, 2.05) is 60.7 Å².